The van der Waals surface area contributed by atoms with Crippen molar-refractivity contribution in [1.82, 2.24) is 40.4 Å². The van der Waals surface area contributed by atoms with E-state index in [-0.39, 0.29) is 41.8 Å². The molecule has 1 unspecified atom stereocenters. The molecule has 6 atom stereocenters. The molecule has 0 spiro atoms. The van der Waals surface area contributed by atoms with Gasteiger partial charge < -0.3 is 39.9 Å². The molecular formula is C45H52N8O6. The highest BCUT2D eigenvalue weighted by Gasteiger charge is 2.51. The minimum Gasteiger partial charge on any atom is -0.453 e. The summed E-state index contributed by atoms with van der Waals surface area (Å²) in [5.41, 5.74) is 4.64. The number of benzene rings is 3. The number of aromatic amines is 2. The third-order valence-electron chi connectivity index (χ3n) is 12.2. The Morgan fingerprint density at radius 3 is 2.02 bits per heavy atom. The van der Waals surface area contributed by atoms with Gasteiger partial charge >= 0.3 is 12.2 Å². The molecule has 2 bridgehead atoms. The van der Waals surface area contributed by atoms with Crippen LogP contribution >= 0.6 is 0 Å². The summed E-state index contributed by atoms with van der Waals surface area (Å²) >= 11 is 0. The lowest BCUT2D eigenvalue weighted by atomic mass is 9.97. The first kappa shape index (κ1) is 39.6. The van der Waals surface area contributed by atoms with Crippen LogP contribution in [0.3, 0.4) is 0 Å². The number of nitrogens with zero attached hydrogens (tertiary/aromatic N) is 4. The number of fused-ring (bicyclic) bond motifs is 5. The Labute approximate surface area is 343 Å². The zero-order valence-electron chi connectivity index (χ0n) is 34.4. The van der Waals surface area contributed by atoms with Crippen LogP contribution in [0.5, 0.6) is 0 Å². The lowest BCUT2D eigenvalue weighted by molar-refractivity contribution is -0.137. The highest BCUT2D eigenvalue weighted by atomic mass is 16.5. The lowest BCUT2D eigenvalue weighted by Crippen LogP contribution is -2.51. The lowest BCUT2D eigenvalue weighted by Gasteiger charge is -2.36. The highest BCUT2D eigenvalue weighted by Crippen LogP contribution is 2.50. The first-order chi connectivity index (χ1) is 28.4. The molecule has 4 heterocycles. The number of aromatic nitrogens is 4. The fourth-order valence-corrected chi connectivity index (χ4v) is 9.40. The summed E-state index contributed by atoms with van der Waals surface area (Å²) in [6, 6.07) is 15.2. The second kappa shape index (κ2) is 16.2. The Hall–Kier alpha value is -6.18. The maximum absolute atomic E-state index is 14.0. The van der Waals surface area contributed by atoms with Crippen LogP contribution in [0.25, 0.3) is 44.1 Å². The highest BCUT2D eigenvalue weighted by molar-refractivity contribution is 6.09. The summed E-state index contributed by atoms with van der Waals surface area (Å²) in [6.45, 7) is 8.21. The van der Waals surface area contributed by atoms with Crippen molar-refractivity contribution in [2.45, 2.75) is 90.0 Å². The third kappa shape index (κ3) is 7.63. The second-order valence-electron chi connectivity index (χ2n) is 16.6. The van der Waals surface area contributed by atoms with Gasteiger partial charge in [0.25, 0.3) is 0 Å². The number of methoxy groups -OCH3 is 2. The van der Waals surface area contributed by atoms with Crippen molar-refractivity contribution in [3.63, 3.8) is 0 Å². The Bertz CT molecular complexity index is 2450. The number of nitrogens with one attached hydrogen (secondary N) is 4. The van der Waals surface area contributed by atoms with E-state index in [2.05, 4.69) is 69.1 Å². The van der Waals surface area contributed by atoms with Crippen LogP contribution in [-0.2, 0) is 19.1 Å². The number of carbonyl (C=O) groups is 4. The van der Waals surface area contributed by atoms with Gasteiger partial charge in [0.1, 0.15) is 23.7 Å². The molecule has 2 saturated heterocycles. The molecule has 0 radical (unpaired) electrons. The Morgan fingerprint density at radius 1 is 0.797 bits per heavy atom. The van der Waals surface area contributed by atoms with Gasteiger partial charge in [0, 0.05) is 23.7 Å². The van der Waals surface area contributed by atoms with E-state index in [1.54, 1.807) is 6.08 Å². The van der Waals surface area contributed by atoms with Crippen molar-refractivity contribution in [1.29, 1.82) is 0 Å². The molecule has 1 aliphatic carbocycles. The van der Waals surface area contributed by atoms with E-state index in [9.17, 15) is 19.2 Å². The van der Waals surface area contributed by atoms with E-state index in [0.717, 1.165) is 93.4 Å². The van der Waals surface area contributed by atoms with E-state index < -0.39 is 24.3 Å². The molecule has 2 aromatic heterocycles. The molecule has 4 amide bonds. The summed E-state index contributed by atoms with van der Waals surface area (Å²) in [5.74, 6) is 1.36. The van der Waals surface area contributed by atoms with Gasteiger partial charge in [-0.1, -0.05) is 61.9 Å². The summed E-state index contributed by atoms with van der Waals surface area (Å²) in [4.78, 5) is 72.2. The fraction of sp³-hybridized carbons (Fsp3) is 0.422. The van der Waals surface area contributed by atoms with Gasteiger partial charge in [0.15, 0.2) is 0 Å². The van der Waals surface area contributed by atoms with Crippen molar-refractivity contribution >= 4 is 45.5 Å². The van der Waals surface area contributed by atoms with Gasteiger partial charge in [-0.2, -0.15) is 0 Å². The maximum atomic E-state index is 14.0. The smallest absolute Gasteiger partial charge is 0.407 e. The number of amides is 4. The topological polar surface area (TPSA) is 175 Å². The van der Waals surface area contributed by atoms with Crippen LogP contribution in [0, 0.1) is 11.8 Å². The second-order valence-corrected chi connectivity index (χ2v) is 16.6. The van der Waals surface area contributed by atoms with E-state index in [4.69, 9.17) is 19.4 Å². The van der Waals surface area contributed by atoms with Crippen molar-refractivity contribution in [3.05, 3.63) is 84.2 Å². The molecule has 14 heteroatoms. The number of piperidine rings is 1. The zero-order valence-corrected chi connectivity index (χ0v) is 34.4. The number of alkyl carbamates (subject to hydrolysis) is 2. The number of rotatable bonds is 10. The predicted octanol–water partition coefficient (Wildman–Crippen LogP) is 7.56. The molecule has 3 fully saturated rings. The number of likely N-dealkylation sites (tertiary alicyclic amines) is 2. The number of H-pyrrole nitrogens is 2. The molecular weight excluding hydrogens is 749 g/mol. The Balaban J connectivity index is 1.01. The molecule has 8 rings (SSSR count). The molecule has 308 valence electrons. The van der Waals surface area contributed by atoms with Gasteiger partial charge in [-0.15, -0.1) is 0 Å². The standard InChI is InChI=1S/C45H52N8O6/c1-24(2)18-34(50-44(56)58-5)42(54)53-31-14-11-30(21-31)39(53)41-47-23-36(49-41)29-13-16-33-27(20-29)10-9-26-19-28(12-15-32(26)33)35-22-46-40(48-35)37-8-7-17-52(37)43(55)38(25(3)4)51-45(57)59-6/h9-10,12-13,15-16,18-20,22-23,25,30-31,34,37-39H,7-8,11,14,17,21H2,1-6H3,(H,46,48)(H,47,49)(H,50,56)(H,51,57)/t30-,31+,34-,37-,38-,39?/m0/s1. The van der Waals surface area contributed by atoms with Crippen LogP contribution in [0.15, 0.2) is 72.6 Å². The van der Waals surface area contributed by atoms with Crippen LogP contribution < -0.4 is 10.6 Å². The van der Waals surface area contributed by atoms with Gasteiger partial charge in [-0.3, -0.25) is 9.59 Å². The minimum atomic E-state index is -0.825. The van der Waals surface area contributed by atoms with E-state index in [0.29, 0.717) is 6.54 Å². The average Bonchev–Trinajstić information content (AvgIpc) is 4.09. The Kier molecular flexibility index (Phi) is 10.9. The molecule has 2 aliphatic heterocycles. The number of carbonyl (C=O) groups excluding carboxylic acids is 4. The van der Waals surface area contributed by atoms with Crippen LogP contribution in [0.2, 0.25) is 0 Å². The summed E-state index contributed by atoms with van der Waals surface area (Å²) in [5, 5.41) is 9.84. The first-order valence-corrected chi connectivity index (χ1v) is 20.5. The van der Waals surface area contributed by atoms with Gasteiger partial charge in [0.2, 0.25) is 11.8 Å². The number of ether oxygens (including phenoxy) is 2. The predicted molar refractivity (Wildman–Crippen MR) is 224 cm³/mol. The monoisotopic (exact) mass is 800 g/mol. The van der Waals surface area contributed by atoms with Crippen molar-refractivity contribution < 1.29 is 28.7 Å². The molecule has 1 saturated carbocycles. The number of hydrogen-bond acceptors (Lipinski definition) is 8. The van der Waals surface area contributed by atoms with Crippen LogP contribution in [0.4, 0.5) is 9.59 Å². The van der Waals surface area contributed by atoms with Crippen molar-refractivity contribution in [2.75, 3.05) is 20.8 Å². The SMILES string of the molecule is COC(=O)N[C@@H](C=C(C)C)C(=O)N1C(c2ncc(-c3ccc4c(ccc5cc(-c6cnc([C@@H]7CCCN7C(=O)[C@@H](NC(=O)OC)C(C)C)[nH]6)ccc54)c3)[nH]2)[C@H]2CC[C@@H]1C2. The van der Waals surface area contributed by atoms with E-state index >= 15 is 0 Å². The number of imidazole rings is 2. The van der Waals surface area contributed by atoms with Gasteiger partial charge in [-0.25, -0.2) is 19.6 Å². The van der Waals surface area contributed by atoms with E-state index in [1.807, 2.05) is 49.9 Å². The summed E-state index contributed by atoms with van der Waals surface area (Å²) < 4.78 is 9.61. The number of allylic oxidation sites excluding steroid dienone is 1. The normalized spacial score (nSPS) is 20.9. The molecule has 14 nitrogen and oxygen atoms in total. The summed E-state index contributed by atoms with van der Waals surface area (Å²) in [6.07, 6.45) is 8.67. The maximum Gasteiger partial charge on any atom is 0.407 e. The average molecular weight is 801 g/mol. The molecule has 3 aromatic carbocycles. The first-order valence-electron chi connectivity index (χ1n) is 20.5. The molecule has 4 N–H and O–H groups in total. The quantitative estimate of drug-likeness (QED) is 0.0827. The summed E-state index contributed by atoms with van der Waals surface area (Å²) in [7, 11) is 2.59. The van der Waals surface area contributed by atoms with E-state index in [1.165, 1.54) is 14.2 Å². The van der Waals surface area contributed by atoms with Crippen molar-refractivity contribution in [2.24, 2.45) is 11.8 Å². The van der Waals surface area contributed by atoms with Crippen molar-refractivity contribution in [3.8, 4) is 22.5 Å². The largest absolute Gasteiger partial charge is 0.453 e. The number of hydrogen-bond donors (Lipinski definition) is 4. The molecule has 5 aromatic rings. The zero-order chi connectivity index (χ0) is 41.5. The van der Waals surface area contributed by atoms with Gasteiger partial charge in [0.05, 0.1) is 50.1 Å². The molecule has 3 aliphatic rings. The minimum absolute atomic E-state index is 0.0949. The third-order valence-corrected chi connectivity index (χ3v) is 12.2. The Morgan fingerprint density at radius 2 is 1.41 bits per heavy atom. The van der Waals surface area contributed by atoms with Crippen LogP contribution in [-0.4, -0.2) is 92.6 Å². The molecule has 59 heavy (non-hydrogen) atoms. The van der Waals surface area contributed by atoms with Gasteiger partial charge in [-0.05, 0) is 91.5 Å². The fourth-order valence-electron chi connectivity index (χ4n) is 9.40. The van der Waals surface area contributed by atoms with Crippen LogP contribution in [0.1, 0.15) is 83.5 Å².